The van der Waals surface area contributed by atoms with E-state index in [2.05, 4.69) is 44.2 Å². The summed E-state index contributed by atoms with van der Waals surface area (Å²) >= 11 is 0. The molecule has 0 bridgehead atoms. The molecule has 0 saturated heterocycles. The molecule has 0 aromatic carbocycles. The molecule has 0 spiro atoms. The maximum atomic E-state index is 4.65. The van der Waals surface area contributed by atoms with E-state index in [0.29, 0.717) is 6.54 Å². The summed E-state index contributed by atoms with van der Waals surface area (Å²) in [6.45, 7) is 3.76. The minimum atomic E-state index is 0.684. The Hall–Kier alpha value is -2.04. The number of nitrogens with zero attached hydrogens (tertiary/aromatic N) is 3. The van der Waals surface area contributed by atoms with Gasteiger partial charge in [-0.1, -0.05) is 31.7 Å². The molecule has 5 nitrogen and oxygen atoms in total. The van der Waals surface area contributed by atoms with Gasteiger partial charge in [0, 0.05) is 25.5 Å². The van der Waals surface area contributed by atoms with Crippen molar-refractivity contribution < 1.29 is 0 Å². The van der Waals surface area contributed by atoms with Crippen LogP contribution >= 0.6 is 0 Å². The van der Waals surface area contributed by atoms with Crippen LogP contribution in [-0.4, -0.2) is 28.9 Å². The van der Waals surface area contributed by atoms with Gasteiger partial charge in [0.05, 0.1) is 12.2 Å². The van der Waals surface area contributed by atoms with Crippen molar-refractivity contribution in [2.45, 2.75) is 52.0 Å². The lowest BCUT2D eigenvalue weighted by Gasteiger charge is -2.12. The second-order valence-corrected chi connectivity index (χ2v) is 6.77. The monoisotopic (exact) mass is 327 g/mol. The standard InChI is InChI=1S/C19H29N5/c1-15-7-5-11-18-23-17(14-24(15)18)13-22-19(20-2)21-12-6-10-16-8-3-4-9-16/h5,7,11,14,16H,3-4,6,8-10,12-13H2,1-2H3,(H2,20,21,22). The number of aliphatic imine (C=N–C) groups is 1. The Kier molecular flexibility index (Phi) is 5.72. The van der Waals surface area contributed by atoms with Crippen molar-refractivity contribution in [1.82, 2.24) is 20.0 Å². The van der Waals surface area contributed by atoms with E-state index < -0.39 is 0 Å². The fraction of sp³-hybridized carbons (Fsp3) is 0.579. The molecule has 130 valence electrons. The maximum Gasteiger partial charge on any atom is 0.191 e. The quantitative estimate of drug-likeness (QED) is 0.486. The molecule has 1 saturated carbocycles. The smallest absolute Gasteiger partial charge is 0.191 e. The van der Waals surface area contributed by atoms with Gasteiger partial charge in [0.25, 0.3) is 0 Å². The van der Waals surface area contributed by atoms with Crippen molar-refractivity contribution in [2.75, 3.05) is 13.6 Å². The first-order chi connectivity index (χ1) is 11.8. The Balaban J connectivity index is 1.43. The molecule has 0 unspecified atom stereocenters. The topological polar surface area (TPSA) is 53.7 Å². The summed E-state index contributed by atoms with van der Waals surface area (Å²) in [4.78, 5) is 8.95. The number of imidazole rings is 1. The predicted molar refractivity (Wildman–Crippen MR) is 99.3 cm³/mol. The van der Waals surface area contributed by atoms with Gasteiger partial charge in [0.15, 0.2) is 5.96 Å². The third-order valence-electron chi connectivity index (χ3n) is 4.96. The molecule has 1 aliphatic rings. The fourth-order valence-electron chi connectivity index (χ4n) is 3.58. The summed E-state index contributed by atoms with van der Waals surface area (Å²) in [5.74, 6) is 1.82. The van der Waals surface area contributed by atoms with Crippen LogP contribution in [0.2, 0.25) is 0 Å². The molecule has 2 aromatic rings. The molecule has 1 fully saturated rings. The van der Waals surface area contributed by atoms with Gasteiger partial charge in [-0.3, -0.25) is 4.99 Å². The number of fused-ring (bicyclic) bond motifs is 1. The van der Waals surface area contributed by atoms with Gasteiger partial charge in [-0.05, 0) is 37.8 Å². The number of aryl methyl sites for hydroxylation is 1. The molecular weight excluding hydrogens is 298 g/mol. The van der Waals surface area contributed by atoms with E-state index in [1.165, 1.54) is 44.2 Å². The van der Waals surface area contributed by atoms with Gasteiger partial charge in [0.1, 0.15) is 5.65 Å². The molecule has 0 atom stereocenters. The molecule has 5 heteroatoms. The van der Waals surface area contributed by atoms with Gasteiger partial charge in [0.2, 0.25) is 0 Å². The highest BCUT2D eigenvalue weighted by atomic mass is 15.2. The van der Waals surface area contributed by atoms with Gasteiger partial charge < -0.3 is 15.0 Å². The minimum Gasteiger partial charge on any atom is -0.356 e. The third-order valence-corrected chi connectivity index (χ3v) is 4.96. The van der Waals surface area contributed by atoms with Crippen LogP contribution in [0.15, 0.2) is 29.4 Å². The lowest BCUT2D eigenvalue weighted by Crippen LogP contribution is -2.37. The molecule has 2 N–H and O–H groups in total. The number of aromatic nitrogens is 2. The van der Waals surface area contributed by atoms with Crippen LogP contribution in [0.25, 0.3) is 5.65 Å². The first-order valence-electron chi connectivity index (χ1n) is 9.14. The van der Waals surface area contributed by atoms with Crippen molar-refractivity contribution in [2.24, 2.45) is 10.9 Å². The van der Waals surface area contributed by atoms with Crippen LogP contribution in [0.5, 0.6) is 0 Å². The predicted octanol–water partition coefficient (Wildman–Crippen LogP) is 3.28. The van der Waals surface area contributed by atoms with Gasteiger partial charge >= 0.3 is 0 Å². The number of nitrogens with one attached hydrogen (secondary N) is 2. The number of pyridine rings is 1. The zero-order valence-electron chi connectivity index (χ0n) is 14.9. The Bertz CT molecular complexity index is 682. The van der Waals surface area contributed by atoms with Gasteiger partial charge in [-0.2, -0.15) is 0 Å². The summed E-state index contributed by atoms with van der Waals surface area (Å²) in [7, 11) is 1.82. The van der Waals surface area contributed by atoms with Crippen molar-refractivity contribution in [3.63, 3.8) is 0 Å². The van der Waals surface area contributed by atoms with Crippen molar-refractivity contribution >= 4 is 11.6 Å². The van der Waals surface area contributed by atoms with Crippen LogP contribution in [0.1, 0.15) is 49.9 Å². The summed E-state index contributed by atoms with van der Waals surface area (Å²) < 4.78 is 2.12. The van der Waals surface area contributed by atoms with Crippen LogP contribution in [0.3, 0.4) is 0 Å². The average molecular weight is 327 g/mol. The highest BCUT2D eigenvalue weighted by Gasteiger charge is 2.14. The molecule has 1 aliphatic carbocycles. The second kappa shape index (κ2) is 8.18. The van der Waals surface area contributed by atoms with Crippen molar-refractivity contribution in [3.05, 3.63) is 35.8 Å². The Morgan fingerprint density at radius 3 is 2.88 bits per heavy atom. The van der Waals surface area contributed by atoms with Gasteiger partial charge in [-0.25, -0.2) is 4.98 Å². The zero-order chi connectivity index (χ0) is 16.8. The van der Waals surface area contributed by atoms with E-state index in [0.717, 1.165) is 29.8 Å². The molecular formula is C19H29N5. The average Bonchev–Trinajstić information content (AvgIpc) is 3.24. The molecule has 0 aliphatic heterocycles. The van der Waals surface area contributed by atoms with Crippen LogP contribution < -0.4 is 10.6 Å². The summed E-state index contributed by atoms with van der Waals surface area (Å²) in [5.41, 5.74) is 3.21. The minimum absolute atomic E-state index is 0.684. The van der Waals surface area contributed by atoms with Crippen molar-refractivity contribution in [3.8, 4) is 0 Å². The lowest BCUT2D eigenvalue weighted by atomic mass is 10.0. The first-order valence-corrected chi connectivity index (χ1v) is 9.14. The normalized spacial score (nSPS) is 16.0. The van der Waals surface area contributed by atoms with Crippen LogP contribution in [0, 0.1) is 12.8 Å². The van der Waals surface area contributed by atoms with Crippen LogP contribution in [0.4, 0.5) is 0 Å². The van der Waals surface area contributed by atoms with E-state index in [9.17, 15) is 0 Å². The summed E-state index contributed by atoms with van der Waals surface area (Å²) in [5, 5.41) is 6.77. The largest absolute Gasteiger partial charge is 0.356 e. The van der Waals surface area contributed by atoms with E-state index in [-0.39, 0.29) is 0 Å². The number of hydrogen-bond donors (Lipinski definition) is 2. The highest BCUT2D eigenvalue weighted by molar-refractivity contribution is 5.79. The molecule has 0 radical (unpaired) electrons. The third kappa shape index (κ3) is 4.28. The number of rotatable bonds is 6. The van der Waals surface area contributed by atoms with E-state index >= 15 is 0 Å². The Labute approximate surface area is 144 Å². The summed E-state index contributed by atoms with van der Waals surface area (Å²) in [6, 6.07) is 6.17. The SMILES string of the molecule is CN=C(NCCCC1CCCC1)NCc1cn2c(C)cccc2n1. The lowest BCUT2D eigenvalue weighted by molar-refractivity contribution is 0.481. The first kappa shape index (κ1) is 16.8. The Morgan fingerprint density at radius 1 is 1.29 bits per heavy atom. The van der Waals surface area contributed by atoms with Crippen LogP contribution in [-0.2, 0) is 6.54 Å². The number of hydrogen-bond acceptors (Lipinski definition) is 2. The fourth-order valence-corrected chi connectivity index (χ4v) is 3.58. The molecule has 0 amide bonds. The highest BCUT2D eigenvalue weighted by Crippen LogP contribution is 2.28. The molecule has 2 heterocycles. The zero-order valence-corrected chi connectivity index (χ0v) is 14.9. The number of guanidine groups is 1. The van der Waals surface area contributed by atoms with Gasteiger partial charge in [-0.15, -0.1) is 0 Å². The second-order valence-electron chi connectivity index (χ2n) is 6.77. The molecule has 2 aromatic heterocycles. The molecule has 24 heavy (non-hydrogen) atoms. The van der Waals surface area contributed by atoms with E-state index in [1.54, 1.807) is 0 Å². The van der Waals surface area contributed by atoms with Crippen molar-refractivity contribution in [1.29, 1.82) is 0 Å². The summed E-state index contributed by atoms with van der Waals surface area (Å²) in [6.07, 6.45) is 10.4. The molecule has 3 rings (SSSR count). The van der Waals surface area contributed by atoms with E-state index in [1.807, 2.05) is 19.2 Å². The Morgan fingerprint density at radius 2 is 2.12 bits per heavy atom. The maximum absolute atomic E-state index is 4.65. The van der Waals surface area contributed by atoms with E-state index in [4.69, 9.17) is 0 Å².